The summed E-state index contributed by atoms with van der Waals surface area (Å²) in [7, 11) is 1.56. The third-order valence-corrected chi connectivity index (χ3v) is 4.39. The molecule has 0 aliphatic rings. The fourth-order valence-electron chi connectivity index (χ4n) is 2.82. The topological polar surface area (TPSA) is 107 Å². The second kappa shape index (κ2) is 12.8. The van der Waals surface area contributed by atoms with Crippen molar-refractivity contribution < 1.29 is 19.0 Å². The van der Waals surface area contributed by atoms with Gasteiger partial charge >= 0.3 is 0 Å². The van der Waals surface area contributed by atoms with Crippen molar-refractivity contribution in [2.75, 3.05) is 20.3 Å². The summed E-state index contributed by atoms with van der Waals surface area (Å²) < 4.78 is 16.9. The monoisotopic (exact) mass is 463 g/mol. The lowest BCUT2D eigenvalue weighted by Gasteiger charge is -2.21. The fraction of sp³-hybridized carbons (Fsp3) is 0.417. The molecule has 0 spiro atoms. The number of methoxy groups -OCH3 is 1. The standard InChI is InChI=1S/C24H33N3O4.ClH/c1-24(2,3)27-23(28)18-10-13-20(21(16-18)29-4)31-15-7-5-6-14-30-19-11-8-17(9-12-19)22(25)26;/h8-13,16H,5-7,14-15H2,1-4H3,(H3,25,26)(H,27,28);1H. The zero-order chi connectivity index (χ0) is 22.9. The van der Waals surface area contributed by atoms with E-state index in [2.05, 4.69) is 5.32 Å². The molecule has 0 aliphatic carbocycles. The molecule has 0 atom stereocenters. The van der Waals surface area contributed by atoms with E-state index in [0.717, 1.165) is 25.0 Å². The Morgan fingerprint density at radius 1 is 0.938 bits per heavy atom. The van der Waals surface area contributed by atoms with Crippen LogP contribution in [0, 0.1) is 5.41 Å². The van der Waals surface area contributed by atoms with Crippen molar-refractivity contribution in [1.29, 1.82) is 5.41 Å². The highest BCUT2D eigenvalue weighted by atomic mass is 35.5. The molecule has 176 valence electrons. The maximum atomic E-state index is 12.3. The number of benzene rings is 2. The average molecular weight is 464 g/mol. The van der Waals surface area contributed by atoms with Gasteiger partial charge in [-0.3, -0.25) is 10.2 Å². The van der Waals surface area contributed by atoms with Crippen molar-refractivity contribution in [2.24, 2.45) is 5.73 Å². The van der Waals surface area contributed by atoms with E-state index >= 15 is 0 Å². The third kappa shape index (κ3) is 9.06. The van der Waals surface area contributed by atoms with E-state index < -0.39 is 0 Å². The summed E-state index contributed by atoms with van der Waals surface area (Å²) in [5.41, 5.74) is 6.35. The maximum absolute atomic E-state index is 12.3. The smallest absolute Gasteiger partial charge is 0.251 e. The van der Waals surface area contributed by atoms with Gasteiger partial charge in [0, 0.05) is 16.7 Å². The number of nitrogen functional groups attached to an aromatic ring is 1. The number of amides is 1. The highest BCUT2D eigenvalue weighted by Crippen LogP contribution is 2.28. The summed E-state index contributed by atoms with van der Waals surface area (Å²) in [5, 5.41) is 10.3. The Bertz CT molecular complexity index is 880. The van der Waals surface area contributed by atoms with E-state index in [4.69, 9.17) is 25.4 Å². The molecule has 2 rings (SSSR count). The van der Waals surface area contributed by atoms with Gasteiger partial charge in [0.2, 0.25) is 0 Å². The summed E-state index contributed by atoms with van der Waals surface area (Å²) in [4.78, 5) is 12.3. The van der Waals surface area contributed by atoms with E-state index in [1.165, 1.54) is 0 Å². The zero-order valence-corrected chi connectivity index (χ0v) is 20.0. The van der Waals surface area contributed by atoms with Gasteiger partial charge in [-0.05, 0) is 82.5 Å². The number of rotatable bonds is 11. The molecule has 0 saturated carbocycles. The predicted octanol–water partition coefficient (Wildman–Crippen LogP) is 4.56. The summed E-state index contributed by atoms with van der Waals surface area (Å²) in [6.45, 7) is 6.98. The van der Waals surface area contributed by atoms with Gasteiger partial charge in [0.05, 0.1) is 20.3 Å². The van der Waals surface area contributed by atoms with Crippen LogP contribution in [0.3, 0.4) is 0 Å². The molecule has 0 aromatic heterocycles. The summed E-state index contributed by atoms with van der Waals surface area (Å²) in [6.07, 6.45) is 2.74. The summed E-state index contributed by atoms with van der Waals surface area (Å²) in [6, 6.07) is 12.4. The van der Waals surface area contributed by atoms with Gasteiger partial charge in [-0.15, -0.1) is 12.4 Å². The zero-order valence-electron chi connectivity index (χ0n) is 19.2. The van der Waals surface area contributed by atoms with Gasteiger partial charge in [0.25, 0.3) is 5.91 Å². The number of hydrogen-bond acceptors (Lipinski definition) is 5. The minimum Gasteiger partial charge on any atom is -0.494 e. The highest BCUT2D eigenvalue weighted by Gasteiger charge is 2.17. The van der Waals surface area contributed by atoms with Crippen LogP contribution in [-0.4, -0.2) is 37.6 Å². The molecular weight excluding hydrogens is 430 g/mol. The van der Waals surface area contributed by atoms with Crippen molar-refractivity contribution in [3.8, 4) is 17.2 Å². The molecule has 0 aliphatic heterocycles. The number of hydrogen-bond donors (Lipinski definition) is 3. The van der Waals surface area contributed by atoms with Crippen LogP contribution >= 0.6 is 12.4 Å². The number of carbonyl (C=O) groups is 1. The number of halogens is 1. The first-order valence-electron chi connectivity index (χ1n) is 10.4. The maximum Gasteiger partial charge on any atom is 0.251 e. The number of amidine groups is 1. The van der Waals surface area contributed by atoms with Gasteiger partial charge in [0.15, 0.2) is 11.5 Å². The van der Waals surface area contributed by atoms with Crippen LogP contribution in [0.5, 0.6) is 17.2 Å². The number of carbonyl (C=O) groups excluding carboxylic acids is 1. The van der Waals surface area contributed by atoms with Gasteiger partial charge in [-0.25, -0.2) is 0 Å². The van der Waals surface area contributed by atoms with Crippen LogP contribution < -0.4 is 25.3 Å². The van der Waals surface area contributed by atoms with E-state index in [1.807, 2.05) is 32.9 Å². The van der Waals surface area contributed by atoms with Gasteiger partial charge in [0.1, 0.15) is 11.6 Å². The van der Waals surface area contributed by atoms with Crippen LogP contribution in [0.15, 0.2) is 42.5 Å². The summed E-state index contributed by atoms with van der Waals surface area (Å²) in [5.74, 6) is 1.83. The van der Waals surface area contributed by atoms with Crippen molar-refractivity contribution in [3.63, 3.8) is 0 Å². The van der Waals surface area contributed by atoms with Crippen molar-refractivity contribution >= 4 is 24.1 Å². The molecule has 7 nitrogen and oxygen atoms in total. The number of nitrogens with two attached hydrogens (primary N) is 1. The first-order valence-corrected chi connectivity index (χ1v) is 10.4. The molecular formula is C24H34ClN3O4. The molecule has 0 radical (unpaired) electrons. The number of nitrogens with one attached hydrogen (secondary N) is 2. The Kier molecular flexibility index (Phi) is 10.9. The van der Waals surface area contributed by atoms with Crippen molar-refractivity contribution in [2.45, 2.75) is 45.6 Å². The molecule has 4 N–H and O–H groups in total. The molecule has 2 aromatic carbocycles. The lowest BCUT2D eigenvalue weighted by molar-refractivity contribution is 0.0919. The second-order valence-electron chi connectivity index (χ2n) is 8.27. The predicted molar refractivity (Wildman–Crippen MR) is 130 cm³/mol. The third-order valence-electron chi connectivity index (χ3n) is 4.39. The minimum absolute atomic E-state index is 0. The summed E-state index contributed by atoms with van der Waals surface area (Å²) >= 11 is 0. The van der Waals surface area contributed by atoms with Crippen molar-refractivity contribution in [3.05, 3.63) is 53.6 Å². The largest absolute Gasteiger partial charge is 0.494 e. The van der Waals surface area contributed by atoms with Crippen LogP contribution in [-0.2, 0) is 0 Å². The van der Waals surface area contributed by atoms with E-state index in [-0.39, 0.29) is 29.7 Å². The lowest BCUT2D eigenvalue weighted by Crippen LogP contribution is -2.40. The van der Waals surface area contributed by atoms with Crippen LogP contribution in [0.4, 0.5) is 0 Å². The molecule has 8 heteroatoms. The quantitative estimate of drug-likeness (QED) is 0.257. The van der Waals surface area contributed by atoms with E-state index in [9.17, 15) is 4.79 Å². The molecule has 0 heterocycles. The fourth-order valence-corrected chi connectivity index (χ4v) is 2.82. The molecule has 32 heavy (non-hydrogen) atoms. The minimum atomic E-state index is -0.304. The van der Waals surface area contributed by atoms with E-state index in [0.29, 0.717) is 35.8 Å². The van der Waals surface area contributed by atoms with E-state index in [1.54, 1.807) is 37.4 Å². The highest BCUT2D eigenvalue weighted by molar-refractivity contribution is 5.95. The van der Waals surface area contributed by atoms with Crippen LogP contribution in [0.2, 0.25) is 0 Å². The Morgan fingerprint density at radius 3 is 2.09 bits per heavy atom. The Morgan fingerprint density at radius 2 is 1.53 bits per heavy atom. The Balaban J connectivity index is 0.00000512. The average Bonchev–Trinajstić information content (AvgIpc) is 2.72. The van der Waals surface area contributed by atoms with Gasteiger partial charge in [-0.1, -0.05) is 0 Å². The first-order chi connectivity index (χ1) is 14.7. The molecule has 0 fully saturated rings. The first kappa shape index (κ1) is 27.1. The SMILES string of the molecule is COc1cc(C(=O)NC(C)(C)C)ccc1OCCCCCOc1ccc(C(=N)N)cc1.Cl. The Labute approximate surface area is 196 Å². The van der Waals surface area contributed by atoms with Gasteiger partial charge < -0.3 is 25.3 Å². The Hall–Kier alpha value is -2.93. The molecule has 0 unspecified atom stereocenters. The normalized spacial score (nSPS) is 10.6. The van der Waals surface area contributed by atoms with Gasteiger partial charge in [-0.2, -0.15) is 0 Å². The number of ether oxygens (including phenoxy) is 3. The number of unbranched alkanes of at least 4 members (excludes halogenated alkanes) is 2. The lowest BCUT2D eigenvalue weighted by atomic mass is 10.1. The van der Waals surface area contributed by atoms with Crippen LogP contribution in [0.1, 0.15) is 56.0 Å². The molecule has 0 bridgehead atoms. The van der Waals surface area contributed by atoms with Crippen LogP contribution in [0.25, 0.3) is 0 Å². The second-order valence-corrected chi connectivity index (χ2v) is 8.27. The van der Waals surface area contributed by atoms with Crippen molar-refractivity contribution in [1.82, 2.24) is 5.32 Å². The molecule has 1 amide bonds. The molecule has 2 aromatic rings. The molecule has 0 saturated heterocycles.